The minimum absolute atomic E-state index is 0.208. The van der Waals surface area contributed by atoms with Crippen LogP contribution < -0.4 is 10.6 Å². The van der Waals surface area contributed by atoms with E-state index in [9.17, 15) is 14.4 Å². The molecule has 1 aliphatic heterocycles. The molecule has 1 aromatic heterocycles. The van der Waals surface area contributed by atoms with Gasteiger partial charge in [-0.25, -0.2) is 4.98 Å². The summed E-state index contributed by atoms with van der Waals surface area (Å²) < 4.78 is 0. The quantitative estimate of drug-likeness (QED) is 0.363. The highest BCUT2D eigenvalue weighted by Gasteiger charge is 2.32. The summed E-state index contributed by atoms with van der Waals surface area (Å²) in [5, 5.41) is 6.01. The number of halogens is 1. The second kappa shape index (κ2) is 10.2. The van der Waals surface area contributed by atoms with E-state index in [4.69, 9.17) is 11.6 Å². The van der Waals surface area contributed by atoms with Crippen LogP contribution in [0.2, 0.25) is 5.02 Å². The van der Waals surface area contributed by atoms with Crippen molar-refractivity contribution >= 4 is 40.8 Å². The van der Waals surface area contributed by atoms with Gasteiger partial charge in [-0.05, 0) is 60.5 Å². The average Bonchev–Trinajstić information content (AvgIpc) is 3.00. The summed E-state index contributed by atoms with van der Waals surface area (Å²) in [4.78, 5) is 44.5. The van der Waals surface area contributed by atoms with E-state index in [1.165, 1.54) is 4.90 Å². The Morgan fingerprint density at radius 1 is 0.973 bits per heavy atom. The lowest BCUT2D eigenvalue weighted by Gasteiger charge is -2.26. The first-order chi connectivity index (χ1) is 17.9. The molecule has 1 aliphatic rings. The number of carbonyl (C=O) groups excluding carboxylic acids is 3. The summed E-state index contributed by atoms with van der Waals surface area (Å²) in [5.41, 5.74) is 4.02. The molecule has 184 valence electrons. The number of aromatic nitrogens is 1. The number of hydrogen-bond donors (Lipinski definition) is 2. The average molecular weight is 511 g/mol. The monoisotopic (exact) mass is 510 g/mol. The van der Waals surface area contributed by atoms with Crippen LogP contribution in [-0.2, 0) is 11.3 Å². The largest absolute Gasteiger partial charge is 0.324 e. The van der Waals surface area contributed by atoms with Gasteiger partial charge in [-0.15, -0.1) is 0 Å². The Morgan fingerprint density at radius 3 is 2.43 bits per heavy atom. The summed E-state index contributed by atoms with van der Waals surface area (Å²) in [6.45, 7) is 1.89. The molecule has 5 rings (SSSR count). The van der Waals surface area contributed by atoms with Gasteiger partial charge in [0.25, 0.3) is 11.8 Å². The number of nitrogens with zero attached hydrogens (tertiary/aromatic N) is 2. The molecule has 0 bridgehead atoms. The molecule has 0 aliphatic carbocycles. The highest BCUT2D eigenvalue weighted by molar-refractivity contribution is 6.31. The van der Waals surface area contributed by atoms with E-state index >= 15 is 0 Å². The maximum absolute atomic E-state index is 13.2. The topological polar surface area (TPSA) is 91.4 Å². The van der Waals surface area contributed by atoms with Crippen LogP contribution >= 0.6 is 11.6 Å². The summed E-state index contributed by atoms with van der Waals surface area (Å²) >= 11 is 6.04. The van der Waals surface area contributed by atoms with Gasteiger partial charge < -0.3 is 15.5 Å². The zero-order valence-electron chi connectivity index (χ0n) is 19.9. The third-order valence-electron chi connectivity index (χ3n) is 6.26. The molecule has 0 saturated carbocycles. The van der Waals surface area contributed by atoms with E-state index in [1.54, 1.807) is 61.7 Å². The highest BCUT2D eigenvalue weighted by atomic mass is 35.5. The van der Waals surface area contributed by atoms with Gasteiger partial charge in [-0.1, -0.05) is 54.1 Å². The Labute approximate surface area is 219 Å². The van der Waals surface area contributed by atoms with Crippen molar-refractivity contribution in [1.82, 2.24) is 9.88 Å². The Morgan fingerprint density at radius 2 is 1.73 bits per heavy atom. The van der Waals surface area contributed by atoms with Crippen LogP contribution in [0.5, 0.6) is 0 Å². The zero-order chi connectivity index (χ0) is 25.9. The van der Waals surface area contributed by atoms with Crippen LogP contribution in [0.1, 0.15) is 33.2 Å². The van der Waals surface area contributed by atoms with Crippen LogP contribution in [0, 0.1) is 0 Å². The predicted molar refractivity (Wildman–Crippen MR) is 143 cm³/mol. The number of rotatable bonds is 5. The van der Waals surface area contributed by atoms with Crippen molar-refractivity contribution in [3.05, 3.63) is 113 Å². The van der Waals surface area contributed by atoms with Crippen molar-refractivity contribution in [3.63, 3.8) is 0 Å². The SMILES string of the molecule is C[C@@H]1C(=O)Nc2cc(Cl)ccc2C(=O)N1Cc1ccc(C(=O)Nc2ccc(-c3ccccc3)cn2)cc1. The van der Waals surface area contributed by atoms with E-state index in [0.29, 0.717) is 27.7 Å². The molecule has 8 heteroatoms. The lowest BCUT2D eigenvalue weighted by molar-refractivity contribution is -0.120. The standard InChI is InChI=1S/C29H23ClN4O3/c1-18-27(35)32-25-15-23(30)12-13-24(25)29(37)34(18)17-19-7-9-21(10-8-19)28(36)33-26-14-11-22(16-31-26)20-5-3-2-4-6-20/h2-16,18H,17H2,1H3,(H,32,35)(H,31,33,36)/t18-/m1/s1. The van der Waals surface area contributed by atoms with Crippen molar-refractivity contribution in [3.8, 4) is 11.1 Å². The smallest absolute Gasteiger partial charge is 0.256 e. The lowest BCUT2D eigenvalue weighted by Crippen LogP contribution is -2.42. The number of nitrogens with one attached hydrogen (secondary N) is 2. The van der Waals surface area contributed by atoms with Gasteiger partial charge in [-0.3, -0.25) is 14.4 Å². The van der Waals surface area contributed by atoms with Crippen LogP contribution in [0.15, 0.2) is 91.1 Å². The number of pyridine rings is 1. The van der Waals surface area contributed by atoms with E-state index < -0.39 is 6.04 Å². The molecular weight excluding hydrogens is 488 g/mol. The van der Waals surface area contributed by atoms with E-state index in [2.05, 4.69) is 15.6 Å². The van der Waals surface area contributed by atoms with Crippen LogP contribution in [0.4, 0.5) is 11.5 Å². The zero-order valence-corrected chi connectivity index (χ0v) is 20.7. The molecule has 37 heavy (non-hydrogen) atoms. The van der Waals surface area contributed by atoms with Gasteiger partial charge in [0.2, 0.25) is 5.91 Å². The molecular formula is C29H23ClN4O3. The predicted octanol–water partition coefficient (Wildman–Crippen LogP) is 5.64. The first-order valence-corrected chi connectivity index (χ1v) is 12.1. The number of benzene rings is 3. The van der Waals surface area contributed by atoms with Gasteiger partial charge in [0.05, 0.1) is 11.3 Å². The molecule has 4 aromatic rings. The number of fused-ring (bicyclic) bond motifs is 1. The molecule has 0 fully saturated rings. The molecule has 7 nitrogen and oxygen atoms in total. The van der Waals surface area contributed by atoms with Crippen LogP contribution in [-0.4, -0.2) is 33.6 Å². The molecule has 2 N–H and O–H groups in total. The second-order valence-electron chi connectivity index (χ2n) is 8.74. The third kappa shape index (κ3) is 5.22. The fraction of sp³-hybridized carbons (Fsp3) is 0.103. The van der Waals surface area contributed by atoms with Gasteiger partial charge in [0, 0.05) is 28.9 Å². The van der Waals surface area contributed by atoms with Crippen molar-refractivity contribution < 1.29 is 14.4 Å². The van der Waals surface area contributed by atoms with Crippen molar-refractivity contribution in [1.29, 1.82) is 0 Å². The molecule has 3 aromatic carbocycles. The Bertz CT molecular complexity index is 1470. The number of carbonyl (C=O) groups is 3. The Kier molecular flexibility index (Phi) is 6.70. The van der Waals surface area contributed by atoms with Crippen molar-refractivity contribution in [2.24, 2.45) is 0 Å². The molecule has 0 spiro atoms. The van der Waals surface area contributed by atoms with Crippen molar-refractivity contribution in [2.45, 2.75) is 19.5 Å². The van der Waals surface area contributed by atoms with Gasteiger partial charge in [0.15, 0.2) is 0 Å². The van der Waals surface area contributed by atoms with Gasteiger partial charge >= 0.3 is 0 Å². The van der Waals surface area contributed by atoms with E-state index in [1.807, 2.05) is 36.4 Å². The summed E-state index contributed by atoms with van der Waals surface area (Å²) in [6, 6.07) is 24.6. The fourth-order valence-corrected chi connectivity index (χ4v) is 4.31. The Hall–Kier alpha value is -4.49. The minimum Gasteiger partial charge on any atom is -0.324 e. The highest BCUT2D eigenvalue weighted by Crippen LogP contribution is 2.27. The lowest BCUT2D eigenvalue weighted by atomic mass is 10.1. The first-order valence-electron chi connectivity index (χ1n) is 11.7. The van der Waals surface area contributed by atoms with Crippen LogP contribution in [0.3, 0.4) is 0 Å². The minimum atomic E-state index is -0.688. The van der Waals surface area contributed by atoms with Crippen LogP contribution in [0.25, 0.3) is 11.1 Å². The number of amides is 3. The molecule has 0 saturated heterocycles. The fourth-order valence-electron chi connectivity index (χ4n) is 4.14. The molecule has 1 atom stereocenters. The van der Waals surface area contributed by atoms with Gasteiger partial charge in [-0.2, -0.15) is 0 Å². The number of hydrogen-bond acceptors (Lipinski definition) is 4. The number of anilines is 2. The third-order valence-corrected chi connectivity index (χ3v) is 6.49. The summed E-state index contributed by atoms with van der Waals surface area (Å²) in [7, 11) is 0. The maximum Gasteiger partial charge on any atom is 0.256 e. The molecule has 0 unspecified atom stereocenters. The van der Waals surface area contributed by atoms with E-state index in [0.717, 1.165) is 16.7 Å². The molecule has 0 radical (unpaired) electrons. The van der Waals surface area contributed by atoms with E-state index in [-0.39, 0.29) is 24.3 Å². The molecule has 3 amide bonds. The summed E-state index contributed by atoms with van der Waals surface area (Å²) in [6.07, 6.45) is 1.72. The normalized spacial score (nSPS) is 15.0. The maximum atomic E-state index is 13.2. The Balaban J connectivity index is 1.27. The molecule has 2 heterocycles. The summed E-state index contributed by atoms with van der Waals surface area (Å²) in [5.74, 6) is -0.418. The van der Waals surface area contributed by atoms with Crippen molar-refractivity contribution in [2.75, 3.05) is 10.6 Å². The second-order valence-corrected chi connectivity index (χ2v) is 9.17. The first kappa shape index (κ1) is 24.2. The van der Waals surface area contributed by atoms with Gasteiger partial charge in [0.1, 0.15) is 11.9 Å².